The van der Waals surface area contributed by atoms with Crippen LogP contribution in [-0.2, 0) is 6.54 Å². The molecule has 18 heavy (non-hydrogen) atoms. The molecule has 0 unspecified atom stereocenters. The Hall–Kier alpha value is -1.81. The van der Waals surface area contributed by atoms with Gasteiger partial charge in [-0.3, -0.25) is 0 Å². The van der Waals surface area contributed by atoms with Gasteiger partial charge in [0.25, 0.3) is 0 Å². The van der Waals surface area contributed by atoms with E-state index in [1.807, 2.05) is 49.4 Å². The lowest BCUT2D eigenvalue weighted by molar-refractivity contribution is 0.199. The summed E-state index contributed by atoms with van der Waals surface area (Å²) in [5, 5.41) is 2.83. The molecule has 1 rings (SSSR count). The van der Waals surface area contributed by atoms with Gasteiger partial charge in [0.1, 0.15) is 0 Å². The Kier molecular flexibility index (Phi) is 6.58. The Morgan fingerprint density at radius 2 is 2.06 bits per heavy atom. The highest BCUT2D eigenvalue weighted by molar-refractivity contribution is 5.74. The van der Waals surface area contributed by atoms with Gasteiger partial charge in [-0.05, 0) is 12.5 Å². The third-order valence-electron chi connectivity index (χ3n) is 2.56. The second-order valence-corrected chi connectivity index (χ2v) is 3.89. The number of nitrogens with one attached hydrogen (secondary N) is 1. The largest absolute Gasteiger partial charge is 0.335 e. The van der Waals surface area contributed by atoms with Crippen LogP contribution < -0.4 is 11.1 Å². The van der Waals surface area contributed by atoms with E-state index in [-0.39, 0.29) is 6.03 Å². The van der Waals surface area contributed by atoms with Crippen molar-refractivity contribution < 1.29 is 4.79 Å². The SMILES string of the molecule is CCN(Cc1ccccc1)C(=O)NC/C=C/CN. The molecule has 3 N–H and O–H groups in total. The van der Waals surface area contributed by atoms with E-state index >= 15 is 0 Å². The zero-order chi connectivity index (χ0) is 13.2. The molecular formula is C14H21N3O. The fraction of sp³-hybridized carbons (Fsp3) is 0.357. The lowest BCUT2D eigenvalue weighted by atomic mass is 10.2. The maximum absolute atomic E-state index is 11.9. The minimum atomic E-state index is -0.0528. The van der Waals surface area contributed by atoms with Crippen LogP contribution in [0, 0.1) is 0 Å². The summed E-state index contributed by atoms with van der Waals surface area (Å²) in [5.74, 6) is 0. The first-order valence-corrected chi connectivity index (χ1v) is 6.19. The summed E-state index contributed by atoms with van der Waals surface area (Å²) in [7, 11) is 0. The van der Waals surface area contributed by atoms with Crippen LogP contribution in [-0.4, -0.2) is 30.6 Å². The summed E-state index contributed by atoms with van der Waals surface area (Å²) in [6.45, 7) is 4.29. The number of rotatable bonds is 6. The summed E-state index contributed by atoms with van der Waals surface area (Å²) in [5.41, 5.74) is 6.46. The number of urea groups is 1. The predicted octanol–water partition coefficient (Wildman–Crippen LogP) is 1.73. The van der Waals surface area contributed by atoms with Crippen molar-refractivity contribution in [2.45, 2.75) is 13.5 Å². The van der Waals surface area contributed by atoms with Gasteiger partial charge in [-0.25, -0.2) is 4.79 Å². The molecule has 0 spiro atoms. The average molecular weight is 247 g/mol. The molecular weight excluding hydrogens is 226 g/mol. The fourth-order valence-electron chi connectivity index (χ4n) is 1.57. The number of carbonyl (C=O) groups is 1. The Balaban J connectivity index is 2.45. The van der Waals surface area contributed by atoms with Crippen molar-refractivity contribution in [2.75, 3.05) is 19.6 Å². The maximum atomic E-state index is 11.9. The highest BCUT2D eigenvalue weighted by Crippen LogP contribution is 2.04. The van der Waals surface area contributed by atoms with Gasteiger partial charge in [0.15, 0.2) is 0 Å². The molecule has 0 saturated heterocycles. The minimum Gasteiger partial charge on any atom is -0.335 e. The van der Waals surface area contributed by atoms with Crippen LogP contribution in [0.4, 0.5) is 4.79 Å². The second-order valence-electron chi connectivity index (χ2n) is 3.89. The molecule has 0 bridgehead atoms. The molecule has 0 fully saturated rings. The normalized spacial score (nSPS) is 10.6. The number of hydrogen-bond acceptors (Lipinski definition) is 2. The molecule has 0 atom stereocenters. The third kappa shape index (κ3) is 5.01. The van der Waals surface area contributed by atoms with Crippen molar-refractivity contribution in [2.24, 2.45) is 5.73 Å². The molecule has 0 aliphatic rings. The van der Waals surface area contributed by atoms with Crippen LogP contribution >= 0.6 is 0 Å². The molecule has 4 heteroatoms. The Morgan fingerprint density at radius 3 is 2.67 bits per heavy atom. The van der Waals surface area contributed by atoms with Crippen molar-refractivity contribution in [3.8, 4) is 0 Å². The summed E-state index contributed by atoms with van der Waals surface area (Å²) < 4.78 is 0. The van der Waals surface area contributed by atoms with Gasteiger partial charge in [0.2, 0.25) is 0 Å². The monoisotopic (exact) mass is 247 g/mol. The first-order chi connectivity index (χ1) is 8.77. The number of amides is 2. The predicted molar refractivity (Wildman–Crippen MR) is 74.1 cm³/mol. The minimum absolute atomic E-state index is 0.0528. The van der Waals surface area contributed by atoms with E-state index in [2.05, 4.69) is 5.32 Å². The Morgan fingerprint density at radius 1 is 1.33 bits per heavy atom. The number of benzene rings is 1. The molecule has 1 aromatic rings. The molecule has 0 aliphatic carbocycles. The molecule has 4 nitrogen and oxygen atoms in total. The van der Waals surface area contributed by atoms with Gasteiger partial charge in [-0.1, -0.05) is 42.5 Å². The maximum Gasteiger partial charge on any atom is 0.317 e. The standard InChI is InChI=1S/C14H21N3O/c1-2-17(12-13-8-4-3-5-9-13)14(18)16-11-7-6-10-15/h3-9H,2,10-12,15H2,1H3,(H,16,18)/b7-6+. The average Bonchev–Trinajstić information content (AvgIpc) is 2.42. The summed E-state index contributed by atoms with van der Waals surface area (Å²) >= 11 is 0. The highest BCUT2D eigenvalue weighted by Gasteiger charge is 2.10. The first kappa shape index (κ1) is 14.3. The van der Waals surface area contributed by atoms with E-state index in [9.17, 15) is 4.79 Å². The van der Waals surface area contributed by atoms with Crippen LogP contribution in [0.2, 0.25) is 0 Å². The van der Waals surface area contributed by atoms with E-state index < -0.39 is 0 Å². The molecule has 0 saturated carbocycles. The Labute approximate surface area is 108 Å². The van der Waals surface area contributed by atoms with E-state index in [0.29, 0.717) is 26.2 Å². The van der Waals surface area contributed by atoms with E-state index in [0.717, 1.165) is 5.56 Å². The van der Waals surface area contributed by atoms with Gasteiger partial charge in [-0.2, -0.15) is 0 Å². The Bertz CT molecular complexity index is 376. The van der Waals surface area contributed by atoms with Crippen molar-refractivity contribution >= 4 is 6.03 Å². The number of carbonyl (C=O) groups excluding carboxylic acids is 1. The number of hydrogen-bond donors (Lipinski definition) is 2. The molecule has 0 heterocycles. The van der Waals surface area contributed by atoms with Crippen molar-refractivity contribution in [1.82, 2.24) is 10.2 Å². The zero-order valence-corrected chi connectivity index (χ0v) is 10.8. The van der Waals surface area contributed by atoms with Gasteiger partial charge in [0, 0.05) is 26.2 Å². The van der Waals surface area contributed by atoms with Gasteiger partial charge < -0.3 is 16.0 Å². The number of nitrogens with two attached hydrogens (primary N) is 1. The third-order valence-corrected chi connectivity index (χ3v) is 2.56. The van der Waals surface area contributed by atoms with Crippen molar-refractivity contribution in [1.29, 1.82) is 0 Å². The van der Waals surface area contributed by atoms with Crippen LogP contribution in [0.5, 0.6) is 0 Å². The quantitative estimate of drug-likeness (QED) is 0.752. The summed E-state index contributed by atoms with van der Waals surface area (Å²) in [6, 6.07) is 9.91. The van der Waals surface area contributed by atoms with E-state index in [4.69, 9.17) is 5.73 Å². The van der Waals surface area contributed by atoms with Crippen molar-refractivity contribution in [3.63, 3.8) is 0 Å². The van der Waals surface area contributed by atoms with Crippen LogP contribution in [0.15, 0.2) is 42.5 Å². The molecule has 0 aliphatic heterocycles. The summed E-state index contributed by atoms with van der Waals surface area (Å²) in [4.78, 5) is 13.7. The zero-order valence-electron chi connectivity index (χ0n) is 10.8. The molecule has 1 aromatic carbocycles. The molecule has 98 valence electrons. The smallest absolute Gasteiger partial charge is 0.317 e. The highest BCUT2D eigenvalue weighted by atomic mass is 16.2. The van der Waals surface area contributed by atoms with E-state index in [1.54, 1.807) is 4.90 Å². The first-order valence-electron chi connectivity index (χ1n) is 6.19. The molecule has 0 radical (unpaired) electrons. The topological polar surface area (TPSA) is 58.4 Å². The van der Waals surface area contributed by atoms with Gasteiger partial charge >= 0.3 is 6.03 Å². The van der Waals surface area contributed by atoms with Crippen molar-refractivity contribution in [3.05, 3.63) is 48.0 Å². The lowest BCUT2D eigenvalue weighted by Crippen LogP contribution is -2.39. The molecule has 2 amide bonds. The van der Waals surface area contributed by atoms with E-state index in [1.165, 1.54) is 0 Å². The van der Waals surface area contributed by atoms with Gasteiger partial charge in [-0.15, -0.1) is 0 Å². The summed E-state index contributed by atoms with van der Waals surface area (Å²) in [6.07, 6.45) is 3.68. The fourth-order valence-corrected chi connectivity index (χ4v) is 1.57. The molecule has 0 aromatic heterocycles. The number of nitrogens with zero attached hydrogens (tertiary/aromatic N) is 1. The lowest BCUT2D eigenvalue weighted by Gasteiger charge is -2.21. The second kappa shape index (κ2) is 8.31. The van der Waals surface area contributed by atoms with Crippen LogP contribution in [0.3, 0.4) is 0 Å². The van der Waals surface area contributed by atoms with Crippen LogP contribution in [0.1, 0.15) is 12.5 Å². The van der Waals surface area contributed by atoms with Gasteiger partial charge in [0.05, 0.1) is 0 Å². The van der Waals surface area contributed by atoms with Crippen LogP contribution in [0.25, 0.3) is 0 Å².